The fourth-order valence-corrected chi connectivity index (χ4v) is 5.18. The molecule has 6 nitrogen and oxygen atoms in total. The van der Waals surface area contributed by atoms with E-state index in [1.165, 1.54) is 0 Å². The molecule has 2 aromatic rings. The number of amides is 2. The van der Waals surface area contributed by atoms with Crippen LogP contribution in [0.15, 0.2) is 53.4 Å². The van der Waals surface area contributed by atoms with Crippen molar-refractivity contribution in [3.8, 4) is 0 Å². The average molecular weight is 436 g/mol. The van der Waals surface area contributed by atoms with Gasteiger partial charge in [-0.25, -0.2) is 13.2 Å². The van der Waals surface area contributed by atoms with Crippen molar-refractivity contribution in [2.24, 2.45) is 0 Å². The van der Waals surface area contributed by atoms with E-state index in [-0.39, 0.29) is 12.1 Å². The van der Waals surface area contributed by atoms with Gasteiger partial charge in [0.1, 0.15) is 0 Å². The van der Waals surface area contributed by atoms with Gasteiger partial charge in [0.15, 0.2) is 0 Å². The second kappa shape index (κ2) is 9.61. The van der Waals surface area contributed by atoms with Crippen LogP contribution in [0.1, 0.15) is 43.4 Å². The minimum atomic E-state index is -3.44. The van der Waals surface area contributed by atoms with E-state index in [2.05, 4.69) is 10.6 Å². The van der Waals surface area contributed by atoms with Gasteiger partial charge < -0.3 is 10.6 Å². The van der Waals surface area contributed by atoms with E-state index in [4.69, 9.17) is 11.6 Å². The van der Waals surface area contributed by atoms with Crippen molar-refractivity contribution in [3.63, 3.8) is 0 Å². The molecule has 156 valence electrons. The molecule has 0 spiro atoms. The molecule has 2 amide bonds. The number of nitrogens with zero attached hydrogens (tertiary/aromatic N) is 1. The van der Waals surface area contributed by atoms with Crippen molar-refractivity contribution in [2.75, 3.05) is 13.1 Å². The number of hydrogen-bond donors (Lipinski definition) is 2. The molecule has 1 aliphatic rings. The lowest BCUT2D eigenvalue weighted by atomic mass is 10.1. The van der Waals surface area contributed by atoms with E-state index in [0.717, 1.165) is 30.4 Å². The lowest BCUT2D eigenvalue weighted by Crippen LogP contribution is -2.36. The van der Waals surface area contributed by atoms with E-state index in [1.807, 2.05) is 25.1 Å². The van der Waals surface area contributed by atoms with Crippen molar-refractivity contribution >= 4 is 27.7 Å². The second-order valence-corrected chi connectivity index (χ2v) is 9.52. The Morgan fingerprint density at radius 3 is 2.38 bits per heavy atom. The summed E-state index contributed by atoms with van der Waals surface area (Å²) < 4.78 is 26.9. The normalized spacial score (nSPS) is 16.2. The Hall–Kier alpha value is -2.09. The van der Waals surface area contributed by atoms with Gasteiger partial charge >= 0.3 is 6.03 Å². The summed E-state index contributed by atoms with van der Waals surface area (Å²) in [6, 6.07) is 13.5. The Morgan fingerprint density at radius 2 is 1.72 bits per heavy atom. The lowest BCUT2D eigenvalue weighted by Gasteiger charge is -2.25. The summed E-state index contributed by atoms with van der Waals surface area (Å²) >= 11 is 6.16. The highest BCUT2D eigenvalue weighted by Crippen LogP contribution is 2.22. The van der Waals surface area contributed by atoms with Gasteiger partial charge in [-0.2, -0.15) is 4.31 Å². The molecule has 1 unspecified atom stereocenters. The molecule has 0 saturated carbocycles. The molecule has 2 aromatic carbocycles. The summed E-state index contributed by atoms with van der Waals surface area (Å²) in [6.07, 6.45) is 2.89. The van der Waals surface area contributed by atoms with Crippen LogP contribution in [0.25, 0.3) is 0 Å². The molecule has 1 heterocycles. The number of carbonyl (C=O) groups is 1. The summed E-state index contributed by atoms with van der Waals surface area (Å²) in [5.74, 6) is 0. The Kier molecular flexibility index (Phi) is 7.16. The quantitative estimate of drug-likeness (QED) is 0.717. The van der Waals surface area contributed by atoms with Gasteiger partial charge in [0.25, 0.3) is 0 Å². The summed E-state index contributed by atoms with van der Waals surface area (Å²) in [6.45, 7) is 3.32. The minimum absolute atomic E-state index is 0.235. The summed E-state index contributed by atoms with van der Waals surface area (Å²) in [5.41, 5.74) is 1.67. The molecular formula is C21H26ClN3O3S. The van der Waals surface area contributed by atoms with Gasteiger partial charge in [-0.15, -0.1) is 0 Å². The summed E-state index contributed by atoms with van der Waals surface area (Å²) in [4.78, 5) is 12.5. The third-order valence-electron chi connectivity index (χ3n) is 5.05. The molecule has 1 atom stereocenters. The van der Waals surface area contributed by atoms with Gasteiger partial charge in [-0.1, -0.05) is 48.4 Å². The van der Waals surface area contributed by atoms with E-state index >= 15 is 0 Å². The number of nitrogens with one attached hydrogen (secondary N) is 2. The number of benzene rings is 2. The summed E-state index contributed by atoms with van der Waals surface area (Å²) in [7, 11) is -3.44. The van der Waals surface area contributed by atoms with Crippen LogP contribution < -0.4 is 10.6 Å². The predicted octanol–water partition coefficient (Wildman–Crippen LogP) is 4.08. The minimum Gasteiger partial charge on any atom is -0.334 e. The largest absolute Gasteiger partial charge is 0.334 e. The number of urea groups is 1. The molecule has 1 aliphatic heterocycles. The van der Waals surface area contributed by atoms with Crippen LogP contribution in [-0.2, 0) is 16.6 Å². The molecule has 2 N–H and O–H groups in total. The fourth-order valence-electron chi connectivity index (χ4n) is 3.37. The van der Waals surface area contributed by atoms with Crippen LogP contribution >= 0.6 is 11.6 Å². The van der Waals surface area contributed by atoms with Crippen molar-refractivity contribution in [1.82, 2.24) is 14.9 Å². The van der Waals surface area contributed by atoms with E-state index in [9.17, 15) is 13.2 Å². The van der Waals surface area contributed by atoms with Crippen molar-refractivity contribution in [1.29, 1.82) is 0 Å². The third-order valence-corrected chi connectivity index (χ3v) is 7.31. The van der Waals surface area contributed by atoms with Gasteiger partial charge in [0.05, 0.1) is 10.9 Å². The summed E-state index contributed by atoms with van der Waals surface area (Å²) in [5, 5.41) is 6.24. The molecule has 0 aliphatic carbocycles. The maximum Gasteiger partial charge on any atom is 0.315 e. The Bertz CT molecular complexity index is 942. The molecule has 29 heavy (non-hydrogen) atoms. The maximum absolute atomic E-state index is 12.7. The fraction of sp³-hybridized carbons (Fsp3) is 0.381. The first-order valence-electron chi connectivity index (χ1n) is 9.76. The highest BCUT2D eigenvalue weighted by Gasteiger charge is 2.25. The zero-order valence-electron chi connectivity index (χ0n) is 16.4. The molecule has 1 saturated heterocycles. The molecule has 3 rings (SSSR count). The van der Waals surface area contributed by atoms with Gasteiger partial charge in [0.2, 0.25) is 10.0 Å². The first-order chi connectivity index (χ1) is 13.9. The van der Waals surface area contributed by atoms with Crippen molar-refractivity contribution < 1.29 is 13.2 Å². The third kappa shape index (κ3) is 5.50. The number of halogens is 1. The van der Waals surface area contributed by atoms with Crippen LogP contribution in [0.4, 0.5) is 4.79 Å². The van der Waals surface area contributed by atoms with Crippen LogP contribution in [0.3, 0.4) is 0 Å². The zero-order valence-corrected chi connectivity index (χ0v) is 18.0. The van der Waals surface area contributed by atoms with Gasteiger partial charge in [-0.3, -0.25) is 0 Å². The molecule has 8 heteroatoms. The zero-order chi connectivity index (χ0) is 20.9. The first-order valence-corrected chi connectivity index (χ1v) is 11.6. The second-order valence-electron chi connectivity index (χ2n) is 7.18. The molecule has 0 radical (unpaired) electrons. The van der Waals surface area contributed by atoms with E-state index in [1.54, 1.807) is 34.6 Å². The SMILES string of the molecule is CC(NC(=O)NCc1ccc(S(=O)(=O)N2CCCCC2)cc1)c1ccccc1Cl. The number of sulfonamides is 1. The smallest absolute Gasteiger partial charge is 0.315 e. The standard InChI is InChI=1S/C21H26ClN3O3S/c1-16(19-7-3-4-8-20(19)22)24-21(26)23-15-17-9-11-18(12-10-17)29(27,28)25-13-5-2-6-14-25/h3-4,7-12,16H,2,5-6,13-15H2,1H3,(H2,23,24,26). The molecular weight excluding hydrogens is 410 g/mol. The predicted molar refractivity (Wildman–Crippen MR) is 114 cm³/mol. The number of rotatable bonds is 6. The molecule has 1 fully saturated rings. The number of hydrogen-bond acceptors (Lipinski definition) is 3. The molecule has 0 bridgehead atoms. The Labute approximate surface area is 177 Å². The number of carbonyl (C=O) groups excluding carboxylic acids is 1. The van der Waals surface area contributed by atoms with Crippen LogP contribution in [-0.4, -0.2) is 31.8 Å². The Balaban J connectivity index is 1.54. The first kappa shape index (κ1) is 21.6. The molecule has 0 aromatic heterocycles. The van der Waals surface area contributed by atoms with E-state index < -0.39 is 10.0 Å². The topological polar surface area (TPSA) is 78.5 Å². The van der Waals surface area contributed by atoms with Gasteiger partial charge in [0, 0.05) is 24.7 Å². The van der Waals surface area contributed by atoms with Crippen molar-refractivity contribution in [3.05, 3.63) is 64.7 Å². The Morgan fingerprint density at radius 1 is 1.07 bits per heavy atom. The maximum atomic E-state index is 12.7. The van der Waals surface area contributed by atoms with Crippen LogP contribution in [0.5, 0.6) is 0 Å². The van der Waals surface area contributed by atoms with E-state index in [0.29, 0.717) is 29.6 Å². The lowest BCUT2D eigenvalue weighted by molar-refractivity contribution is 0.237. The van der Waals surface area contributed by atoms with Gasteiger partial charge in [-0.05, 0) is 49.1 Å². The highest BCUT2D eigenvalue weighted by molar-refractivity contribution is 7.89. The van der Waals surface area contributed by atoms with Crippen LogP contribution in [0.2, 0.25) is 5.02 Å². The highest BCUT2D eigenvalue weighted by atomic mass is 35.5. The van der Waals surface area contributed by atoms with Crippen molar-refractivity contribution in [2.45, 2.75) is 43.7 Å². The average Bonchev–Trinajstić information content (AvgIpc) is 2.73. The number of piperidine rings is 1. The van der Waals surface area contributed by atoms with Crippen LogP contribution in [0, 0.1) is 0 Å². The monoisotopic (exact) mass is 435 g/mol.